The number of amides is 1. The highest BCUT2D eigenvalue weighted by atomic mass is 35.5. The number of hydrogen-bond donors (Lipinski definition) is 1. The average Bonchev–Trinajstić information content (AvgIpc) is 3.18. The first-order valence-electron chi connectivity index (χ1n) is 6.52. The van der Waals surface area contributed by atoms with Crippen LogP contribution in [0.3, 0.4) is 0 Å². The zero-order valence-corrected chi connectivity index (χ0v) is 12.4. The van der Waals surface area contributed by atoms with Crippen LogP contribution in [0.2, 0.25) is 0 Å². The Balaban J connectivity index is 0.00000220. The van der Waals surface area contributed by atoms with Gasteiger partial charge in [-0.2, -0.15) is 13.2 Å². The van der Waals surface area contributed by atoms with Crippen molar-refractivity contribution >= 4 is 18.3 Å². The number of benzene rings is 1. The molecule has 3 nitrogen and oxygen atoms in total. The maximum atomic E-state index is 12.9. The van der Waals surface area contributed by atoms with E-state index in [1.165, 1.54) is 17.0 Å². The number of halogens is 4. The Kier molecular flexibility index (Phi) is 5.64. The summed E-state index contributed by atoms with van der Waals surface area (Å²) in [5, 5.41) is 0. The summed E-state index contributed by atoms with van der Waals surface area (Å²) in [5.41, 5.74) is 4.99. The van der Waals surface area contributed by atoms with E-state index in [0.717, 1.165) is 18.9 Å². The second-order valence-electron chi connectivity index (χ2n) is 5.14. The molecule has 0 aromatic heterocycles. The van der Waals surface area contributed by atoms with Crippen molar-refractivity contribution in [2.45, 2.75) is 44.6 Å². The summed E-state index contributed by atoms with van der Waals surface area (Å²) in [6, 6.07) is 4.67. The molecule has 0 saturated heterocycles. The van der Waals surface area contributed by atoms with Crippen LogP contribution >= 0.6 is 12.4 Å². The highest BCUT2D eigenvalue weighted by Gasteiger charge is 2.37. The first-order valence-corrected chi connectivity index (χ1v) is 6.52. The molecular weight excluding hydrogens is 305 g/mol. The lowest BCUT2D eigenvalue weighted by molar-refractivity contribution is -0.140. The van der Waals surface area contributed by atoms with Crippen molar-refractivity contribution in [3.63, 3.8) is 0 Å². The van der Waals surface area contributed by atoms with Gasteiger partial charge in [0.25, 0.3) is 0 Å². The van der Waals surface area contributed by atoms with Gasteiger partial charge in [-0.15, -0.1) is 12.4 Å². The second-order valence-corrected chi connectivity index (χ2v) is 5.14. The lowest BCUT2D eigenvalue weighted by Crippen LogP contribution is -2.43. The Labute approximate surface area is 127 Å². The van der Waals surface area contributed by atoms with Gasteiger partial charge in [-0.05, 0) is 31.4 Å². The molecule has 2 N–H and O–H groups in total. The lowest BCUT2D eigenvalue weighted by Gasteiger charge is -2.26. The van der Waals surface area contributed by atoms with Gasteiger partial charge in [-0.1, -0.05) is 18.2 Å². The number of hydrogen-bond acceptors (Lipinski definition) is 2. The first-order chi connectivity index (χ1) is 9.30. The highest BCUT2D eigenvalue weighted by Crippen LogP contribution is 2.34. The predicted octanol–water partition coefficient (Wildman–Crippen LogP) is 2.97. The van der Waals surface area contributed by atoms with Gasteiger partial charge >= 0.3 is 6.18 Å². The molecule has 118 valence electrons. The van der Waals surface area contributed by atoms with E-state index < -0.39 is 17.8 Å². The standard InChI is InChI=1S/C14H17F3N2O.ClH/c1-9(18)13(20)19(11-6-7-11)8-10-4-2-3-5-12(10)14(15,16)17;/h2-5,9,11H,6-8,18H2,1H3;1H/t9-;/m1./s1. The van der Waals surface area contributed by atoms with Gasteiger partial charge < -0.3 is 10.6 Å². The SMILES string of the molecule is C[C@@H](N)C(=O)N(Cc1ccccc1C(F)(F)F)C1CC1.Cl. The zero-order chi connectivity index (χ0) is 14.9. The van der Waals surface area contributed by atoms with Crippen molar-refractivity contribution in [2.75, 3.05) is 0 Å². The van der Waals surface area contributed by atoms with Gasteiger partial charge in [0, 0.05) is 12.6 Å². The molecule has 0 aliphatic heterocycles. The normalized spacial score (nSPS) is 16.0. The fraction of sp³-hybridized carbons (Fsp3) is 0.500. The summed E-state index contributed by atoms with van der Waals surface area (Å²) in [6.07, 6.45) is -2.76. The van der Waals surface area contributed by atoms with E-state index in [9.17, 15) is 18.0 Å². The minimum Gasteiger partial charge on any atom is -0.334 e. The molecule has 7 heteroatoms. The zero-order valence-electron chi connectivity index (χ0n) is 11.6. The van der Waals surface area contributed by atoms with Crippen molar-refractivity contribution in [1.82, 2.24) is 4.90 Å². The van der Waals surface area contributed by atoms with Crippen LogP contribution in [0.4, 0.5) is 13.2 Å². The molecular formula is C14H18ClF3N2O. The maximum absolute atomic E-state index is 12.9. The van der Waals surface area contributed by atoms with Crippen molar-refractivity contribution < 1.29 is 18.0 Å². The molecule has 0 radical (unpaired) electrons. The van der Waals surface area contributed by atoms with Crippen LogP contribution in [0.15, 0.2) is 24.3 Å². The number of nitrogens with two attached hydrogens (primary N) is 1. The molecule has 0 heterocycles. The Bertz CT molecular complexity index is 501. The van der Waals surface area contributed by atoms with Gasteiger partial charge in [0.2, 0.25) is 5.91 Å². The van der Waals surface area contributed by atoms with Crippen LogP contribution < -0.4 is 5.73 Å². The van der Waals surface area contributed by atoms with E-state index >= 15 is 0 Å². The van der Waals surface area contributed by atoms with Gasteiger partial charge in [0.1, 0.15) is 0 Å². The molecule has 1 aromatic carbocycles. The molecule has 21 heavy (non-hydrogen) atoms. The van der Waals surface area contributed by atoms with Crippen LogP contribution in [0.5, 0.6) is 0 Å². The average molecular weight is 323 g/mol. The number of carbonyl (C=O) groups is 1. The third kappa shape index (κ3) is 4.35. The first kappa shape index (κ1) is 17.8. The van der Waals surface area contributed by atoms with Crippen LogP contribution in [-0.4, -0.2) is 22.9 Å². The molecule has 1 atom stereocenters. The van der Waals surface area contributed by atoms with Crippen molar-refractivity contribution in [3.8, 4) is 0 Å². The highest BCUT2D eigenvalue weighted by molar-refractivity contribution is 5.85. The molecule has 1 aliphatic rings. The van der Waals surface area contributed by atoms with Crippen LogP contribution in [-0.2, 0) is 17.5 Å². The lowest BCUT2D eigenvalue weighted by atomic mass is 10.1. The minimum absolute atomic E-state index is 0. The van der Waals surface area contributed by atoms with E-state index in [4.69, 9.17) is 5.73 Å². The van der Waals surface area contributed by atoms with Crippen molar-refractivity contribution in [3.05, 3.63) is 35.4 Å². The fourth-order valence-electron chi connectivity index (χ4n) is 2.15. The van der Waals surface area contributed by atoms with Crippen LogP contribution in [0.1, 0.15) is 30.9 Å². The fourth-order valence-corrected chi connectivity index (χ4v) is 2.15. The number of rotatable bonds is 4. The van der Waals surface area contributed by atoms with E-state index in [-0.39, 0.29) is 36.5 Å². The van der Waals surface area contributed by atoms with Crippen LogP contribution in [0.25, 0.3) is 0 Å². The largest absolute Gasteiger partial charge is 0.416 e. The van der Waals surface area contributed by atoms with Gasteiger partial charge in [-0.3, -0.25) is 4.79 Å². The summed E-state index contributed by atoms with van der Waals surface area (Å²) < 4.78 is 38.8. The molecule has 1 aromatic rings. The van der Waals surface area contributed by atoms with E-state index in [2.05, 4.69) is 0 Å². The third-order valence-electron chi connectivity index (χ3n) is 3.32. The molecule has 2 rings (SSSR count). The summed E-state index contributed by atoms with van der Waals surface area (Å²) >= 11 is 0. The van der Waals surface area contributed by atoms with E-state index in [0.29, 0.717) is 0 Å². The summed E-state index contributed by atoms with van der Waals surface area (Å²) in [7, 11) is 0. The van der Waals surface area contributed by atoms with Gasteiger partial charge in [0.05, 0.1) is 11.6 Å². The third-order valence-corrected chi connectivity index (χ3v) is 3.32. The molecule has 1 fully saturated rings. The molecule has 1 saturated carbocycles. The topological polar surface area (TPSA) is 46.3 Å². The number of nitrogens with zero attached hydrogens (tertiary/aromatic N) is 1. The Hall–Kier alpha value is -1.27. The van der Waals surface area contributed by atoms with Crippen LogP contribution in [0, 0.1) is 0 Å². The molecule has 0 spiro atoms. The predicted molar refractivity (Wildman–Crippen MR) is 75.9 cm³/mol. The summed E-state index contributed by atoms with van der Waals surface area (Å²) in [6.45, 7) is 1.51. The Morgan fingerprint density at radius 2 is 1.95 bits per heavy atom. The molecule has 0 unspecified atom stereocenters. The minimum atomic E-state index is -4.41. The van der Waals surface area contributed by atoms with Crippen molar-refractivity contribution in [1.29, 1.82) is 0 Å². The monoisotopic (exact) mass is 322 g/mol. The second kappa shape index (κ2) is 6.66. The van der Waals surface area contributed by atoms with E-state index in [1.807, 2.05) is 0 Å². The number of alkyl halides is 3. The Morgan fingerprint density at radius 3 is 2.43 bits per heavy atom. The smallest absolute Gasteiger partial charge is 0.334 e. The van der Waals surface area contributed by atoms with Gasteiger partial charge in [0.15, 0.2) is 0 Å². The maximum Gasteiger partial charge on any atom is 0.416 e. The molecule has 0 bridgehead atoms. The molecule has 1 aliphatic carbocycles. The molecule has 1 amide bonds. The number of carbonyl (C=O) groups excluding carboxylic acids is 1. The van der Waals surface area contributed by atoms with Gasteiger partial charge in [-0.25, -0.2) is 0 Å². The van der Waals surface area contributed by atoms with E-state index in [1.54, 1.807) is 13.0 Å². The quantitative estimate of drug-likeness (QED) is 0.926. The summed E-state index contributed by atoms with van der Waals surface area (Å²) in [5.74, 6) is -0.301. The van der Waals surface area contributed by atoms with Crippen molar-refractivity contribution in [2.24, 2.45) is 5.73 Å². The Morgan fingerprint density at radius 1 is 1.38 bits per heavy atom. The summed E-state index contributed by atoms with van der Waals surface area (Å²) in [4.78, 5) is 13.5.